The molecule has 0 unspecified atom stereocenters. The van der Waals surface area contributed by atoms with E-state index in [1.54, 1.807) is 19.1 Å². The van der Waals surface area contributed by atoms with Gasteiger partial charge in [-0.2, -0.15) is 0 Å². The lowest BCUT2D eigenvalue weighted by atomic mass is 9.80. The van der Waals surface area contributed by atoms with Gasteiger partial charge in [0, 0.05) is 5.70 Å². The third kappa shape index (κ3) is 3.53. The largest absolute Gasteiger partial charge is 0.459 e. The Bertz CT molecular complexity index is 834. The van der Waals surface area contributed by atoms with Gasteiger partial charge in [0.1, 0.15) is 6.10 Å². The van der Waals surface area contributed by atoms with Crippen LogP contribution in [0.5, 0.6) is 11.5 Å². The van der Waals surface area contributed by atoms with Crippen molar-refractivity contribution in [3.05, 3.63) is 35.0 Å². The van der Waals surface area contributed by atoms with Crippen LogP contribution in [0, 0.1) is 11.8 Å². The first kappa shape index (κ1) is 18.7. The van der Waals surface area contributed by atoms with Gasteiger partial charge in [0.05, 0.1) is 11.6 Å². The molecule has 0 bridgehead atoms. The Balaban J connectivity index is 1.58. The molecule has 28 heavy (non-hydrogen) atoms. The van der Waals surface area contributed by atoms with Gasteiger partial charge in [0.25, 0.3) is 0 Å². The van der Waals surface area contributed by atoms with Crippen molar-refractivity contribution in [3.63, 3.8) is 0 Å². The van der Waals surface area contributed by atoms with Gasteiger partial charge >= 0.3 is 12.0 Å². The topological polar surface area (TPSA) is 85.9 Å². The van der Waals surface area contributed by atoms with Gasteiger partial charge in [-0.1, -0.05) is 19.9 Å². The second kappa shape index (κ2) is 7.37. The van der Waals surface area contributed by atoms with Gasteiger partial charge in [0.15, 0.2) is 11.5 Å². The van der Waals surface area contributed by atoms with Crippen molar-refractivity contribution in [1.29, 1.82) is 0 Å². The first-order valence-electron chi connectivity index (χ1n) is 9.81. The maximum atomic E-state index is 13.1. The minimum atomic E-state index is -0.601. The van der Waals surface area contributed by atoms with Crippen LogP contribution in [0.25, 0.3) is 0 Å². The van der Waals surface area contributed by atoms with Crippen molar-refractivity contribution in [1.82, 2.24) is 10.6 Å². The van der Waals surface area contributed by atoms with Gasteiger partial charge in [-0.15, -0.1) is 0 Å². The fraction of sp³-hybridized carbons (Fsp3) is 0.524. The third-order valence-corrected chi connectivity index (χ3v) is 6.04. The molecular weight excluding hydrogens is 360 g/mol. The van der Waals surface area contributed by atoms with Crippen molar-refractivity contribution >= 4 is 12.0 Å². The van der Waals surface area contributed by atoms with E-state index in [1.165, 1.54) is 0 Å². The summed E-state index contributed by atoms with van der Waals surface area (Å²) in [7, 11) is 0. The van der Waals surface area contributed by atoms with Crippen molar-refractivity contribution in [2.45, 2.75) is 52.2 Å². The van der Waals surface area contributed by atoms with Crippen LogP contribution in [0.2, 0.25) is 0 Å². The molecule has 1 aliphatic carbocycles. The molecule has 2 heterocycles. The van der Waals surface area contributed by atoms with Crippen molar-refractivity contribution < 1.29 is 23.8 Å². The molecule has 0 radical (unpaired) electrons. The molecule has 1 aromatic rings. The predicted molar refractivity (Wildman–Crippen MR) is 102 cm³/mol. The highest BCUT2D eigenvalue weighted by Gasteiger charge is 2.35. The number of hydrogen-bond donors (Lipinski definition) is 2. The predicted octanol–water partition coefficient (Wildman–Crippen LogP) is 3.41. The zero-order chi connectivity index (χ0) is 19.8. The van der Waals surface area contributed by atoms with E-state index in [4.69, 9.17) is 14.2 Å². The summed E-state index contributed by atoms with van der Waals surface area (Å²) in [5.74, 6) is 2.03. The quantitative estimate of drug-likeness (QED) is 0.778. The molecule has 7 nitrogen and oxygen atoms in total. The smallest absolute Gasteiger partial charge is 0.338 e. The Hall–Kier alpha value is -2.70. The zero-order valence-corrected chi connectivity index (χ0v) is 16.4. The molecule has 0 aromatic heterocycles. The average molecular weight is 386 g/mol. The standard InChI is InChI=1S/C21H26N2O5/c1-11-4-6-15(8-12(11)2)28-20(24)18-13(3)22-21(25)23-19(18)14-5-7-16-17(9-14)27-10-26-16/h5,7,9,11-12,15,19H,4,6,8,10H2,1-3H3,(H2,22,23,25)/t11-,12+,15-,19-/m1/s1. The maximum absolute atomic E-state index is 13.1. The van der Waals surface area contributed by atoms with Crippen LogP contribution in [-0.2, 0) is 9.53 Å². The Morgan fingerprint density at radius 1 is 1.14 bits per heavy atom. The molecule has 2 amide bonds. The second-order valence-corrected chi connectivity index (χ2v) is 7.98. The van der Waals surface area contributed by atoms with E-state index in [1.807, 2.05) is 6.07 Å². The molecule has 150 valence electrons. The summed E-state index contributed by atoms with van der Waals surface area (Å²) in [6.07, 6.45) is 2.71. The molecule has 4 rings (SSSR count). The van der Waals surface area contributed by atoms with Crippen molar-refractivity contribution in [3.8, 4) is 11.5 Å². The van der Waals surface area contributed by atoms with Crippen LogP contribution in [0.15, 0.2) is 29.5 Å². The van der Waals surface area contributed by atoms with Crippen LogP contribution in [0.4, 0.5) is 4.79 Å². The maximum Gasteiger partial charge on any atom is 0.338 e. The number of carbonyl (C=O) groups excluding carboxylic acids is 2. The van der Waals surface area contributed by atoms with E-state index >= 15 is 0 Å². The van der Waals surface area contributed by atoms with Crippen LogP contribution in [0.3, 0.4) is 0 Å². The number of fused-ring (bicyclic) bond motifs is 1. The summed E-state index contributed by atoms with van der Waals surface area (Å²) in [5, 5.41) is 5.52. The Morgan fingerprint density at radius 3 is 2.71 bits per heavy atom. The Labute approximate surface area is 164 Å². The first-order chi connectivity index (χ1) is 13.4. The summed E-state index contributed by atoms with van der Waals surface area (Å²) < 4.78 is 16.6. The van der Waals surface area contributed by atoms with E-state index in [0.29, 0.717) is 34.6 Å². The van der Waals surface area contributed by atoms with Crippen LogP contribution in [0.1, 0.15) is 51.6 Å². The van der Waals surface area contributed by atoms with Crippen molar-refractivity contribution in [2.24, 2.45) is 11.8 Å². The molecule has 0 spiro atoms. The van der Waals surface area contributed by atoms with E-state index in [0.717, 1.165) is 24.8 Å². The Morgan fingerprint density at radius 2 is 1.93 bits per heavy atom. The lowest BCUT2D eigenvalue weighted by molar-refractivity contribution is -0.147. The summed E-state index contributed by atoms with van der Waals surface area (Å²) in [6, 6.07) is 4.46. The minimum absolute atomic E-state index is 0.0889. The van der Waals surface area contributed by atoms with Gasteiger partial charge in [-0.3, -0.25) is 0 Å². The summed E-state index contributed by atoms with van der Waals surface area (Å²) >= 11 is 0. The molecule has 2 aliphatic heterocycles. The fourth-order valence-corrected chi connectivity index (χ4v) is 4.13. The number of rotatable bonds is 3. The number of benzene rings is 1. The van der Waals surface area contributed by atoms with E-state index < -0.39 is 6.04 Å². The number of ether oxygens (including phenoxy) is 3. The van der Waals surface area contributed by atoms with Crippen LogP contribution >= 0.6 is 0 Å². The number of esters is 1. The highest BCUT2D eigenvalue weighted by molar-refractivity contribution is 5.95. The van der Waals surface area contributed by atoms with Crippen LogP contribution in [-0.4, -0.2) is 24.9 Å². The van der Waals surface area contributed by atoms with Gasteiger partial charge in [-0.05, 0) is 55.7 Å². The molecule has 3 aliphatic rings. The molecule has 7 heteroatoms. The number of hydrogen-bond acceptors (Lipinski definition) is 5. The molecule has 0 saturated heterocycles. The summed E-state index contributed by atoms with van der Waals surface area (Å²) in [6.45, 7) is 6.33. The SMILES string of the molecule is CC1=C(C(=O)O[C@@H]2CC[C@@H](C)[C@@H](C)C2)[C@@H](c2ccc3c(c2)OCO3)NC(=O)N1. The summed E-state index contributed by atoms with van der Waals surface area (Å²) in [5.41, 5.74) is 1.68. The molecule has 1 aromatic carbocycles. The van der Waals surface area contributed by atoms with Crippen LogP contribution < -0.4 is 20.1 Å². The van der Waals surface area contributed by atoms with E-state index in [-0.39, 0.29) is 24.9 Å². The lowest BCUT2D eigenvalue weighted by Gasteiger charge is -2.33. The molecule has 4 atom stereocenters. The number of nitrogens with one attached hydrogen (secondary N) is 2. The molecule has 1 fully saturated rings. The van der Waals surface area contributed by atoms with E-state index in [9.17, 15) is 9.59 Å². The zero-order valence-electron chi connectivity index (χ0n) is 16.4. The van der Waals surface area contributed by atoms with Gasteiger partial charge in [0.2, 0.25) is 6.79 Å². The summed E-state index contributed by atoms with van der Waals surface area (Å²) in [4.78, 5) is 25.1. The second-order valence-electron chi connectivity index (χ2n) is 7.98. The van der Waals surface area contributed by atoms with E-state index in [2.05, 4.69) is 24.5 Å². The minimum Gasteiger partial charge on any atom is -0.459 e. The first-order valence-corrected chi connectivity index (χ1v) is 9.81. The third-order valence-electron chi connectivity index (χ3n) is 6.04. The Kier molecular flexibility index (Phi) is 4.91. The molecule has 1 saturated carbocycles. The highest BCUT2D eigenvalue weighted by Crippen LogP contribution is 2.38. The van der Waals surface area contributed by atoms with Gasteiger partial charge < -0.3 is 24.8 Å². The number of urea groups is 1. The normalized spacial score (nSPS) is 29.2. The highest BCUT2D eigenvalue weighted by atomic mass is 16.7. The number of allylic oxidation sites excluding steroid dienone is 1. The lowest BCUT2D eigenvalue weighted by Crippen LogP contribution is -2.45. The monoisotopic (exact) mass is 386 g/mol. The fourth-order valence-electron chi connectivity index (χ4n) is 4.13. The number of amides is 2. The number of carbonyl (C=O) groups is 2. The van der Waals surface area contributed by atoms with Gasteiger partial charge in [-0.25, -0.2) is 9.59 Å². The molecule has 2 N–H and O–H groups in total. The average Bonchev–Trinajstić information content (AvgIpc) is 3.11. The van der Waals surface area contributed by atoms with Crippen molar-refractivity contribution in [2.75, 3.05) is 6.79 Å². The molecular formula is C21H26N2O5.